The molecule has 0 unspecified atom stereocenters. The molecular weight excluding hydrogens is 366 g/mol. The molecule has 2 aromatic heterocycles. The highest BCUT2D eigenvalue weighted by atomic mass is 32.2. The van der Waals surface area contributed by atoms with Crippen molar-refractivity contribution in [3.05, 3.63) is 40.0 Å². The summed E-state index contributed by atoms with van der Waals surface area (Å²) in [4.78, 5) is 27.3. The summed E-state index contributed by atoms with van der Waals surface area (Å²) in [5.74, 6) is 2.52. The summed E-state index contributed by atoms with van der Waals surface area (Å²) in [6, 6.07) is 4.16. The van der Waals surface area contributed by atoms with E-state index in [1.54, 1.807) is 35.4 Å². The van der Waals surface area contributed by atoms with E-state index in [1.165, 1.54) is 10.4 Å². The minimum atomic E-state index is -0.0219. The molecule has 0 saturated carbocycles. The van der Waals surface area contributed by atoms with Gasteiger partial charge in [-0.25, -0.2) is 9.97 Å². The van der Waals surface area contributed by atoms with Crippen molar-refractivity contribution in [3.8, 4) is 0 Å². The number of aromatic nitrogens is 2. The van der Waals surface area contributed by atoms with Gasteiger partial charge in [0.25, 0.3) is 0 Å². The summed E-state index contributed by atoms with van der Waals surface area (Å²) in [6.07, 6.45) is 3.76. The maximum Gasteiger partial charge on any atom is 0.240 e. The van der Waals surface area contributed by atoms with Crippen molar-refractivity contribution < 1.29 is 4.79 Å². The van der Waals surface area contributed by atoms with Crippen molar-refractivity contribution in [1.29, 1.82) is 0 Å². The highest BCUT2D eigenvalue weighted by Crippen LogP contribution is 2.41. The topological polar surface area (TPSA) is 75.4 Å². The highest BCUT2D eigenvalue weighted by molar-refractivity contribution is 8.00. The molecule has 6 nitrogen and oxygen atoms in total. The highest BCUT2D eigenvalue weighted by Gasteiger charge is 2.36. The van der Waals surface area contributed by atoms with Crippen molar-refractivity contribution in [2.45, 2.75) is 30.7 Å². The molecule has 2 N–H and O–H groups in total. The smallest absolute Gasteiger partial charge is 0.240 e. The van der Waals surface area contributed by atoms with E-state index in [4.69, 9.17) is 5.73 Å². The first-order valence-corrected chi connectivity index (χ1v) is 10.8. The van der Waals surface area contributed by atoms with Gasteiger partial charge in [0.2, 0.25) is 5.91 Å². The van der Waals surface area contributed by atoms with Crippen molar-refractivity contribution in [2.24, 2.45) is 0 Å². The van der Waals surface area contributed by atoms with Crippen LogP contribution in [0.4, 0.5) is 5.82 Å². The van der Waals surface area contributed by atoms with E-state index in [1.807, 2.05) is 4.90 Å². The van der Waals surface area contributed by atoms with Gasteiger partial charge in [0.1, 0.15) is 16.9 Å². The Kier molecular flexibility index (Phi) is 5.15. The number of likely N-dealkylation sites (tertiary alicyclic amines) is 1. The molecule has 2 aromatic rings. The second-order valence-corrected chi connectivity index (χ2v) is 9.05. The number of thiophene rings is 1. The Balaban J connectivity index is 1.38. The number of nitrogens with zero attached hydrogens (tertiary/aromatic N) is 4. The fourth-order valence-electron chi connectivity index (χ4n) is 3.66. The molecule has 8 heteroatoms. The van der Waals surface area contributed by atoms with Crippen LogP contribution < -0.4 is 5.73 Å². The summed E-state index contributed by atoms with van der Waals surface area (Å²) in [5.41, 5.74) is 6.98. The lowest BCUT2D eigenvalue weighted by molar-refractivity contribution is -0.129. The van der Waals surface area contributed by atoms with Crippen LogP contribution in [0, 0.1) is 0 Å². The summed E-state index contributed by atoms with van der Waals surface area (Å²) in [5, 5.41) is 2.09. The quantitative estimate of drug-likeness (QED) is 0.864. The largest absolute Gasteiger partial charge is 0.384 e. The number of thioether (sulfide) groups is 1. The molecule has 0 aliphatic carbocycles. The molecular formula is C18H23N5OS2. The van der Waals surface area contributed by atoms with Gasteiger partial charge in [-0.1, -0.05) is 0 Å². The van der Waals surface area contributed by atoms with Gasteiger partial charge in [-0.3, -0.25) is 9.69 Å². The van der Waals surface area contributed by atoms with Crippen LogP contribution in [0.15, 0.2) is 23.7 Å². The molecule has 0 radical (unpaired) electrons. The molecule has 4 rings (SSSR count). The molecule has 26 heavy (non-hydrogen) atoms. The van der Waals surface area contributed by atoms with Gasteiger partial charge in [0.05, 0.1) is 6.54 Å². The Morgan fingerprint density at radius 3 is 3.19 bits per heavy atom. The Labute approximate surface area is 161 Å². The van der Waals surface area contributed by atoms with Crippen LogP contribution in [-0.2, 0) is 17.8 Å². The molecule has 4 heterocycles. The van der Waals surface area contributed by atoms with Gasteiger partial charge >= 0.3 is 0 Å². The zero-order valence-corrected chi connectivity index (χ0v) is 16.4. The molecule has 1 fully saturated rings. The SMILES string of the molecule is CN(Cc1nccc(N)n1)[C@@H]1CCN(C(=O)[C@@H]2SCCc3sccc32)C1. The molecule has 0 aromatic carbocycles. The predicted molar refractivity (Wildman–Crippen MR) is 106 cm³/mol. The number of anilines is 1. The van der Waals surface area contributed by atoms with E-state index in [0.717, 1.165) is 37.5 Å². The van der Waals surface area contributed by atoms with E-state index < -0.39 is 0 Å². The predicted octanol–water partition coefficient (Wildman–Crippen LogP) is 2.18. The standard InChI is InChI=1S/C18H23N5OS2/c1-22(11-16-20-6-2-15(19)21-16)12-3-7-23(10-12)18(24)17-13-4-8-25-14(13)5-9-26-17/h2,4,6,8,12,17H,3,5,7,9-11H2,1H3,(H2,19,20,21)/t12-,17-/m1/s1. The molecule has 1 amide bonds. The Morgan fingerprint density at radius 1 is 1.46 bits per heavy atom. The molecule has 0 spiro atoms. The van der Waals surface area contributed by atoms with Crippen LogP contribution in [0.1, 0.15) is 27.9 Å². The van der Waals surface area contributed by atoms with Crippen molar-refractivity contribution >= 4 is 34.8 Å². The fourth-order valence-corrected chi connectivity index (χ4v) is 6.04. The lowest BCUT2D eigenvalue weighted by atomic mass is 10.1. The first kappa shape index (κ1) is 17.8. The van der Waals surface area contributed by atoms with Crippen LogP contribution >= 0.6 is 23.1 Å². The second-order valence-electron chi connectivity index (χ2n) is 6.84. The van der Waals surface area contributed by atoms with Gasteiger partial charge in [-0.2, -0.15) is 0 Å². The third-order valence-corrected chi connectivity index (χ3v) is 7.34. The first-order valence-electron chi connectivity index (χ1n) is 8.86. The summed E-state index contributed by atoms with van der Waals surface area (Å²) in [6.45, 7) is 2.24. The van der Waals surface area contributed by atoms with E-state index in [0.29, 0.717) is 18.4 Å². The number of rotatable bonds is 4. The Morgan fingerprint density at radius 2 is 2.35 bits per heavy atom. The van der Waals surface area contributed by atoms with Gasteiger partial charge in [-0.05, 0) is 48.7 Å². The molecule has 2 aliphatic heterocycles. The minimum absolute atomic E-state index is 0.0219. The zero-order valence-electron chi connectivity index (χ0n) is 14.8. The number of fused-ring (bicyclic) bond motifs is 1. The summed E-state index contributed by atoms with van der Waals surface area (Å²) >= 11 is 3.57. The minimum Gasteiger partial charge on any atom is -0.384 e. The number of likely N-dealkylation sites (N-methyl/N-ethyl adjacent to an activating group) is 1. The first-order chi connectivity index (χ1) is 12.6. The lowest BCUT2D eigenvalue weighted by Gasteiger charge is -2.28. The number of amides is 1. The Bertz CT molecular complexity index is 795. The number of hydrogen-bond donors (Lipinski definition) is 1. The van der Waals surface area contributed by atoms with Crippen LogP contribution in [0.2, 0.25) is 0 Å². The third kappa shape index (κ3) is 3.58. The number of nitrogen functional groups attached to an aromatic ring is 1. The van der Waals surface area contributed by atoms with Gasteiger partial charge in [-0.15, -0.1) is 23.1 Å². The monoisotopic (exact) mass is 389 g/mol. The number of carbonyl (C=O) groups excluding carboxylic acids is 1. The summed E-state index contributed by atoms with van der Waals surface area (Å²) in [7, 11) is 2.07. The van der Waals surface area contributed by atoms with E-state index in [2.05, 4.69) is 33.4 Å². The maximum atomic E-state index is 13.1. The molecule has 1 saturated heterocycles. The summed E-state index contributed by atoms with van der Waals surface area (Å²) < 4.78 is 0. The third-order valence-electron chi connectivity index (χ3n) is 5.12. The number of nitrogens with two attached hydrogens (primary N) is 1. The molecule has 0 bridgehead atoms. The van der Waals surface area contributed by atoms with Crippen molar-refractivity contribution in [1.82, 2.24) is 19.8 Å². The van der Waals surface area contributed by atoms with Crippen molar-refractivity contribution in [2.75, 3.05) is 31.6 Å². The van der Waals surface area contributed by atoms with E-state index in [-0.39, 0.29) is 11.2 Å². The van der Waals surface area contributed by atoms with Crippen molar-refractivity contribution in [3.63, 3.8) is 0 Å². The average molecular weight is 390 g/mol. The average Bonchev–Trinajstić information content (AvgIpc) is 3.30. The molecule has 2 aliphatic rings. The number of aryl methyl sites for hydroxylation is 1. The zero-order chi connectivity index (χ0) is 18.1. The van der Waals surface area contributed by atoms with Gasteiger partial charge in [0.15, 0.2) is 0 Å². The second kappa shape index (κ2) is 7.54. The van der Waals surface area contributed by atoms with E-state index in [9.17, 15) is 4.79 Å². The van der Waals surface area contributed by atoms with Crippen LogP contribution in [-0.4, -0.2) is 57.6 Å². The maximum absolute atomic E-state index is 13.1. The van der Waals surface area contributed by atoms with E-state index >= 15 is 0 Å². The van der Waals surface area contributed by atoms with Crippen LogP contribution in [0.3, 0.4) is 0 Å². The van der Waals surface area contributed by atoms with Crippen LogP contribution in [0.25, 0.3) is 0 Å². The van der Waals surface area contributed by atoms with Crippen LogP contribution in [0.5, 0.6) is 0 Å². The number of carbonyl (C=O) groups is 1. The van der Waals surface area contributed by atoms with Gasteiger partial charge < -0.3 is 10.6 Å². The van der Waals surface area contributed by atoms with Gasteiger partial charge in [0, 0.05) is 30.2 Å². The molecule has 2 atom stereocenters. The lowest BCUT2D eigenvalue weighted by Crippen LogP contribution is -2.38. The number of hydrogen-bond acceptors (Lipinski definition) is 7. The molecule has 138 valence electrons. The normalized spacial score (nSPS) is 22.6. The fraction of sp³-hybridized carbons (Fsp3) is 0.500. The Hall–Kier alpha value is -1.64.